The van der Waals surface area contributed by atoms with Gasteiger partial charge in [-0.3, -0.25) is 0 Å². The predicted octanol–water partition coefficient (Wildman–Crippen LogP) is -0.315. The lowest BCUT2D eigenvalue weighted by molar-refractivity contribution is 0.0365. The fourth-order valence-corrected chi connectivity index (χ4v) is 3.64. The third kappa shape index (κ3) is 4.17. The van der Waals surface area contributed by atoms with Crippen molar-refractivity contribution in [3.05, 3.63) is 0 Å². The number of hydrogen-bond donors (Lipinski definition) is 2. The SMILES string of the molecule is O=S(=O)(NCCOC1CCNCC1)N1CCCC1. The van der Waals surface area contributed by atoms with Gasteiger partial charge in [0.1, 0.15) is 0 Å². The zero-order chi connectivity index (χ0) is 12.8. The molecule has 2 heterocycles. The molecule has 7 heteroatoms. The molecule has 0 saturated carbocycles. The maximum atomic E-state index is 11.8. The smallest absolute Gasteiger partial charge is 0.279 e. The fraction of sp³-hybridized carbons (Fsp3) is 1.00. The molecule has 2 rings (SSSR count). The Morgan fingerprint density at radius 2 is 1.89 bits per heavy atom. The molecule has 18 heavy (non-hydrogen) atoms. The molecule has 6 nitrogen and oxygen atoms in total. The van der Waals surface area contributed by atoms with Crippen molar-refractivity contribution in [2.24, 2.45) is 0 Å². The van der Waals surface area contributed by atoms with Gasteiger partial charge >= 0.3 is 0 Å². The largest absolute Gasteiger partial charge is 0.377 e. The molecular weight excluding hydrogens is 254 g/mol. The molecule has 0 aromatic carbocycles. The Morgan fingerprint density at radius 1 is 1.22 bits per heavy atom. The number of nitrogens with zero attached hydrogens (tertiary/aromatic N) is 1. The fourth-order valence-electron chi connectivity index (χ4n) is 2.38. The Morgan fingerprint density at radius 3 is 2.56 bits per heavy atom. The zero-order valence-electron chi connectivity index (χ0n) is 10.7. The number of ether oxygens (including phenoxy) is 1. The van der Waals surface area contributed by atoms with Crippen molar-refractivity contribution < 1.29 is 13.2 Å². The van der Waals surface area contributed by atoms with E-state index >= 15 is 0 Å². The van der Waals surface area contributed by atoms with Crippen molar-refractivity contribution in [2.75, 3.05) is 39.3 Å². The van der Waals surface area contributed by atoms with Crippen LogP contribution < -0.4 is 10.0 Å². The van der Waals surface area contributed by atoms with Crippen molar-refractivity contribution in [3.8, 4) is 0 Å². The molecule has 2 fully saturated rings. The average Bonchev–Trinajstić information content (AvgIpc) is 2.91. The van der Waals surface area contributed by atoms with Crippen LogP contribution in [0.25, 0.3) is 0 Å². The molecule has 2 aliphatic heterocycles. The standard InChI is InChI=1S/C11H23N3O3S/c15-18(16,14-8-1-2-9-14)13-7-10-17-11-3-5-12-6-4-11/h11-13H,1-10H2. The lowest BCUT2D eigenvalue weighted by atomic mass is 10.1. The van der Waals surface area contributed by atoms with E-state index in [-0.39, 0.29) is 6.10 Å². The van der Waals surface area contributed by atoms with Crippen molar-refractivity contribution in [3.63, 3.8) is 0 Å². The maximum Gasteiger partial charge on any atom is 0.279 e. The third-order valence-electron chi connectivity index (χ3n) is 3.43. The molecule has 2 N–H and O–H groups in total. The highest BCUT2D eigenvalue weighted by atomic mass is 32.2. The maximum absolute atomic E-state index is 11.8. The molecule has 0 spiro atoms. The minimum atomic E-state index is -3.27. The lowest BCUT2D eigenvalue weighted by Gasteiger charge is -2.23. The summed E-state index contributed by atoms with van der Waals surface area (Å²) in [4.78, 5) is 0. The Balaban J connectivity index is 1.62. The molecule has 0 unspecified atom stereocenters. The third-order valence-corrected chi connectivity index (χ3v) is 5.05. The minimum Gasteiger partial charge on any atom is -0.377 e. The van der Waals surface area contributed by atoms with E-state index in [9.17, 15) is 8.42 Å². The Labute approximate surface area is 109 Å². The van der Waals surface area contributed by atoms with Crippen LogP contribution in [0.15, 0.2) is 0 Å². The molecule has 0 bridgehead atoms. The number of rotatable bonds is 6. The van der Waals surface area contributed by atoms with Gasteiger partial charge in [-0.05, 0) is 38.8 Å². The molecule has 0 radical (unpaired) electrons. The van der Waals surface area contributed by atoms with Crippen LogP contribution in [0.4, 0.5) is 0 Å². The van der Waals surface area contributed by atoms with E-state index in [0.29, 0.717) is 26.2 Å². The van der Waals surface area contributed by atoms with E-state index in [4.69, 9.17) is 4.74 Å². The summed E-state index contributed by atoms with van der Waals surface area (Å²) in [5.74, 6) is 0. The molecule has 0 aromatic rings. The second kappa shape index (κ2) is 6.81. The highest BCUT2D eigenvalue weighted by Gasteiger charge is 2.24. The average molecular weight is 277 g/mol. The van der Waals surface area contributed by atoms with E-state index in [1.807, 2.05) is 0 Å². The Bertz CT molecular complexity index is 335. The highest BCUT2D eigenvalue weighted by Crippen LogP contribution is 2.11. The van der Waals surface area contributed by atoms with Gasteiger partial charge in [0.2, 0.25) is 0 Å². The van der Waals surface area contributed by atoms with Crippen molar-refractivity contribution in [2.45, 2.75) is 31.8 Å². The zero-order valence-corrected chi connectivity index (χ0v) is 11.5. The number of piperidine rings is 1. The van der Waals surface area contributed by atoms with Crippen LogP contribution >= 0.6 is 0 Å². The van der Waals surface area contributed by atoms with Crippen molar-refractivity contribution in [1.82, 2.24) is 14.3 Å². The van der Waals surface area contributed by atoms with Gasteiger partial charge in [-0.2, -0.15) is 17.4 Å². The van der Waals surface area contributed by atoms with Crippen molar-refractivity contribution >= 4 is 10.2 Å². The number of hydrogen-bond acceptors (Lipinski definition) is 4. The van der Waals surface area contributed by atoms with E-state index in [1.165, 1.54) is 4.31 Å². The van der Waals surface area contributed by atoms with Crippen LogP contribution in [0, 0.1) is 0 Å². The van der Waals surface area contributed by atoms with E-state index in [2.05, 4.69) is 10.0 Å². The summed E-state index contributed by atoms with van der Waals surface area (Å²) in [6, 6.07) is 0. The first-order valence-corrected chi connectivity index (χ1v) is 8.19. The summed E-state index contributed by atoms with van der Waals surface area (Å²) in [7, 11) is -3.27. The molecule has 2 saturated heterocycles. The molecular formula is C11H23N3O3S. The molecule has 0 amide bonds. The van der Waals surface area contributed by atoms with Crippen LogP contribution in [0.3, 0.4) is 0 Å². The van der Waals surface area contributed by atoms with Gasteiger partial charge in [0.15, 0.2) is 0 Å². The first-order valence-electron chi connectivity index (χ1n) is 6.75. The second-order valence-corrected chi connectivity index (χ2v) is 6.58. The summed E-state index contributed by atoms with van der Waals surface area (Å²) in [5, 5.41) is 3.27. The van der Waals surface area contributed by atoms with Gasteiger partial charge < -0.3 is 10.1 Å². The molecule has 2 aliphatic rings. The molecule has 0 aromatic heterocycles. The van der Waals surface area contributed by atoms with Gasteiger partial charge in [-0.1, -0.05) is 0 Å². The van der Waals surface area contributed by atoms with Gasteiger partial charge in [-0.15, -0.1) is 0 Å². The van der Waals surface area contributed by atoms with E-state index in [1.54, 1.807) is 0 Å². The predicted molar refractivity (Wildman–Crippen MR) is 69.6 cm³/mol. The summed E-state index contributed by atoms with van der Waals surface area (Å²) >= 11 is 0. The van der Waals surface area contributed by atoms with Gasteiger partial charge in [0, 0.05) is 19.6 Å². The Kier molecular flexibility index (Phi) is 5.38. The minimum absolute atomic E-state index is 0.280. The van der Waals surface area contributed by atoms with Crippen LogP contribution in [-0.4, -0.2) is 58.2 Å². The summed E-state index contributed by atoms with van der Waals surface area (Å²) < 4.78 is 33.4. The van der Waals surface area contributed by atoms with E-state index in [0.717, 1.165) is 38.8 Å². The van der Waals surface area contributed by atoms with Crippen LogP contribution in [-0.2, 0) is 14.9 Å². The summed E-state index contributed by atoms with van der Waals surface area (Å²) in [5.41, 5.74) is 0. The van der Waals surface area contributed by atoms with Crippen LogP contribution in [0.2, 0.25) is 0 Å². The highest BCUT2D eigenvalue weighted by molar-refractivity contribution is 7.87. The topological polar surface area (TPSA) is 70.7 Å². The quantitative estimate of drug-likeness (QED) is 0.653. The molecule has 0 aliphatic carbocycles. The van der Waals surface area contributed by atoms with Crippen LogP contribution in [0.5, 0.6) is 0 Å². The van der Waals surface area contributed by atoms with Gasteiger partial charge in [-0.25, -0.2) is 0 Å². The van der Waals surface area contributed by atoms with Crippen LogP contribution in [0.1, 0.15) is 25.7 Å². The normalized spacial score (nSPS) is 23.6. The Hall–Kier alpha value is -0.210. The second-order valence-electron chi connectivity index (χ2n) is 4.83. The number of nitrogens with one attached hydrogen (secondary N) is 2. The molecule has 0 atom stereocenters. The van der Waals surface area contributed by atoms with E-state index < -0.39 is 10.2 Å². The summed E-state index contributed by atoms with van der Waals surface area (Å²) in [6.45, 7) is 4.09. The first-order chi connectivity index (χ1) is 8.68. The van der Waals surface area contributed by atoms with Crippen molar-refractivity contribution in [1.29, 1.82) is 0 Å². The first kappa shape index (κ1) is 14.2. The summed E-state index contributed by atoms with van der Waals surface area (Å²) in [6.07, 6.45) is 4.24. The lowest BCUT2D eigenvalue weighted by Crippen LogP contribution is -2.41. The van der Waals surface area contributed by atoms with Gasteiger partial charge in [0.05, 0.1) is 12.7 Å². The van der Waals surface area contributed by atoms with Gasteiger partial charge in [0.25, 0.3) is 10.2 Å². The monoisotopic (exact) mass is 277 g/mol. The molecule has 106 valence electrons.